The van der Waals surface area contributed by atoms with Crippen molar-refractivity contribution in [3.05, 3.63) is 28.3 Å². The van der Waals surface area contributed by atoms with Crippen LogP contribution in [-0.4, -0.2) is 48.6 Å². The fourth-order valence-corrected chi connectivity index (χ4v) is 7.41. The predicted molar refractivity (Wildman–Crippen MR) is 121 cm³/mol. The van der Waals surface area contributed by atoms with Crippen LogP contribution >= 0.6 is 0 Å². The first kappa shape index (κ1) is 20.1. The molecule has 0 unspecified atom stereocenters. The monoisotopic (exact) mass is 412 g/mol. The van der Waals surface area contributed by atoms with E-state index in [9.17, 15) is 10.1 Å². The number of likely N-dealkylation sites (N-methyl/N-ethyl adjacent to an activating group) is 1. The SMILES string of the molecule is CCN1CCN(c2ccc([N+](=O)[O-])c(N[C@H](C)C34CC5CC(CC(C5)C3)C4)c2)CC1. The Labute approximate surface area is 180 Å². The molecule has 4 saturated carbocycles. The number of nitro groups is 1. The lowest BCUT2D eigenvalue weighted by atomic mass is 9.48. The molecule has 0 radical (unpaired) electrons. The third-order valence-corrected chi connectivity index (χ3v) is 8.74. The molecule has 6 heteroatoms. The van der Waals surface area contributed by atoms with E-state index in [4.69, 9.17) is 0 Å². The van der Waals surface area contributed by atoms with Crippen molar-refractivity contribution in [2.24, 2.45) is 23.2 Å². The molecular weight excluding hydrogens is 376 g/mol. The van der Waals surface area contributed by atoms with Crippen LogP contribution < -0.4 is 10.2 Å². The van der Waals surface area contributed by atoms with E-state index in [1.54, 1.807) is 6.07 Å². The van der Waals surface area contributed by atoms with Gasteiger partial charge in [0.05, 0.1) is 4.92 Å². The van der Waals surface area contributed by atoms with E-state index in [0.717, 1.165) is 56.2 Å². The van der Waals surface area contributed by atoms with Crippen molar-refractivity contribution < 1.29 is 4.92 Å². The van der Waals surface area contributed by atoms with E-state index >= 15 is 0 Å². The summed E-state index contributed by atoms with van der Waals surface area (Å²) in [4.78, 5) is 16.4. The van der Waals surface area contributed by atoms with Gasteiger partial charge in [-0.25, -0.2) is 0 Å². The molecular formula is C24H36N4O2. The smallest absolute Gasteiger partial charge is 0.292 e. The molecule has 6 nitrogen and oxygen atoms in total. The van der Waals surface area contributed by atoms with Crippen LogP contribution in [0.1, 0.15) is 52.4 Å². The first-order valence-corrected chi connectivity index (χ1v) is 12.0. The van der Waals surface area contributed by atoms with Gasteiger partial charge in [0.25, 0.3) is 5.69 Å². The minimum absolute atomic E-state index is 0.211. The van der Waals surface area contributed by atoms with Crippen LogP contribution in [0, 0.1) is 33.3 Å². The molecule has 1 atom stereocenters. The van der Waals surface area contributed by atoms with Gasteiger partial charge in [-0.15, -0.1) is 0 Å². The number of anilines is 2. The fraction of sp³-hybridized carbons (Fsp3) is 0.750. The van der Waals surface area contributed by atoms with Gasteiger partial charge in [-0.2, -0.15) is 0 Å². The van der Waals surface area contributed by atoms with Crippen LogP contribution in [0.2, 0.25) is 0 Å². The van der Waals surface area contributed by atoms with Crippen LogP contribution in [0.3, 0.4) is 0 Å². The van der Waals surface area contributed by atoms with Gasteiger partial charge in [-0.1, -0.05) is 6.92 Å². The number of rotatable bonds is 6. The molecule has 30 heavy (non-hydrogen) atoms. The summed E-state index contributed by atoms with van der Waals surface area (Å²) < 4.78 is 0. The fourth-order valence-electron chi connectivity index (χ4n) is 7.41. The van der Waals surface area contributed by atoms with E-state index in [-0.39, 0.29) is 16.7 Å². The second-order valence-corrected chi connectivity index (χ2v) is 10.5. The summed E-state index contributed by atoms with van der Waals surface area (Å²) in [6.45, 7) is 9.65. The molecule has 1 heterocycles. The Kier molecular flexibility index (Phi) is 5.16. The van der Waals surface area contributed by atoms with Crippen molar-refractivity contribution in [2.75, 3.05) is 42.9 Å². The van der Waals surface area contributed by atoms with Gasteiger partial charge < -0.3 is 15.1 Å². The molecule has 164 valence electrons. The summed E-state index contributed by atoms with van der Waals surface area (Å²) in [5, 5.41) is 15.4. The molecule has 6 rings (SSSR count). The van der Waals surface area contributed by atoms with Gasteiger partial charge in [-0.3, -0.25) is 10.1 Å². The van der Waals surface area contributed by atoms with E-state index in [0.29, 0.717) is 11.1 Å². The van der Waals surface area contributed by atoms with Crippen LogP contribution in [0.4, 0.5) is 17.1 Å². The van der Waals surface area contributed by atoms with Crippen molar-refractivity contribution in [3.63, 3.8) is 0 Å². The van der Waals surface area contributed by atoms with Crippen molar-refractivity contribution in [1.82, 2.24) is 4.90 Å². The Morgan fingerprint density at radius 2 is 1.70 bits per heavy atom. The van der Waals surface area contributed by atoms with Gasteiger partial charge in [0.15, 0.2) is 0 Å². The van der Waals surface area contributed by atoms with Gasteiger partial charge in [0.2, 0.25) is 0 Å². The second kappa shape index (κ2) is 7.70. The molecule has 1 saturated heterocycles. The minimum Gasteiger partial charge on any atom is -0.376 e. The van der Waals surface area contributed by atoms with E-state index < -0.39 is 0 Å². The molecule has 0 amide bonds. The Hall–Kier alpha value is -1.82. The summed E-state index contributed by atoms with van der Waals surface area (Å²) in [6, 6.07) is 5.95. The van der Waals surface area contributed by atoms with Crippen LogP contribution in [0.25, 0.3) is 0 Å². The average Bonchev–Trinajstić information content (AvgIpc) is 2.72. The lowest BCUT2D eigenvalue weighted by Gasteiger charge is -2.59. The highest BCUT2D eigenvalue weighted by molar-refractivity contribution is 5.69. The third-order valence-electron chi connectivity index (χ3n) is 8.74. The number of hydrogen-bond donors (Lipinski definition) is 1. The standard InChI is InChI=1S/C24H36N4O2/c1-3-26-6-8-27(9-7-26)21-4-5-23(28(29)30)22(13-21)25-17(2)24-14-18-10-19(15-24)12-20(11-18)16-24/h4-5,13,17-20,25H,3,6-12,14-16H2,1-2H3/t17-,18?,19?,20?,24?/m1/s1. The highest BCUT2D eigenvalue weighted by Gasteiger charge is 2.53. The van der Waals surface area contributed by atoms with Crippen LogP contribution in [-0.2, 0) is 0 Å². The van der Waals surface area contributed by atoms with E-state index in [1.807, 2.05) is 12.1 Å². The molecule has 4 bridgehead atoms. The van der Waals surface area contributed by atoms with Gasteiger partial charge in [0.1, 0.15) is 5.69 Å². The lowest BCUT2D eigenvalue weighted by molar-refractivity contribution is -0.384. The zero-order chi connectivity index (χ0) is 20.9. The minimum atomic E-state index is -0.229. The molecule has 1 aromatic rings. The van der Waals surface area contributed by atoms with Gasteiger partial charge in [-0.05, 0) is 87.3 Å². The van der Waals surface area contributed by atoms with Crippen LogP contribution in [0.5, 0.6) is 0 Å². The summed E-state index contributed by atoms with van der Waals surface area (Å²) in [6.07, 6.45) is 8.18. The number of piperazine rings is 1. The number of nitrogens with zero attached hydrogens (tertiary/aromatic N) is 3. The maximum absolute atomic E-state index is 11.8. The largest absolute Gasteiger partial charge is 0.376 e. The van der Waals surface area contributed by atoms with Crippen molar-refractivity contribution in [3.8, 4) is 0 Å². The molecule has 5 fully saturated rings. The Morgan fingerprint density at radius 1 is 1.10 bits per heavy atom. The average molecular weight is 413 g/mol. The zero-order valence-corrected chi connectivity index (χ0v) is 18.5. The molecule has 0 aromatic heterocycles. The first-order chi connectivity index (χ1) is 14.5. The summed E-state index contributed by atoms with van der Waals surface area (Å²) in [5.74, 6) is 2.66. The molecule has 5 aliphatic rings. The highest BCUT2D eigenvalue weighted by atomic mass is 16.6. The molecule has 1 aromatic carbocycles. The topological polar surface area (TPSA) is 61.7 Å². The summed E-state index contributed by atoms with van der Waals surface area (Å²) >= 11 is 0. The third kappa shape index (κ3) is 3.57. The summed E-state index contributed by atoms with van der Waals surface area (Å²) in [7, 11) is 0. The number of hydrogen-bond acceptors (Lipinski definition) is 5. The molecule has 1 aliphatic heterocycles. The van der Waals surface area contributed by atoms with Crippen molar-refractivity contribution in [1.29, 1.82) is 0 Å². The molecule has 1 N–H and O–H groups in total. The van der Waals surface area contributed by atoms with E-state index in [2.05, 4.69) is 29.0 Å². The van der Waals surface area contributed by atoms with Gasteiger partial charge >= 0.3 is 0 Å². The predicted octanol–water partition coefficient (Wildman–Crippen LogP) is 4.75. The Morgan fingerprint density at radius 3 is 2.23 bits per heavy atom. The number of nitrogens with one attached hydrogen (secondary N) is 1. The normalized spacial score (nSPS) is 34.2. The van der Waals surface area contributed by atoms with Crippen molar-refractivity contribution in [2.45, 2.75) is 58.4 Å². The van der Waals surface area contributed by atoms with Gasteiger partial charge in [0, 0.05) is 44.0 Å². The maximum atomic E-state index is 11.8. The Bertz CT molecular complexity index is 767. The highest BCUT2D eigenvalue weighted by Crippen LogP contribution is 2.61. The van der Waals surface area contributed by atoms with E-state index in [1.165, 1.54) is 38.5 Å². The number of benzene rings is 1. The lowest BCUT2D eigenvalue weighted by Crippen LogP contribution is -2.53. The van der Waals surface area contributed by atoms with Crippen molar-refractivity contribution >= 4 is 17.1 Å². The second-order valence-electron chi connectivity index (χ2n) is 10.5. The maximum Gasteiger partial charge on any atom is 0.292 e. The molecule has 4 aliphatic carbocycles. The summed E-state index contributed by atoms with van der Waals surface area (Å²) in [5.41, 5.74) is 2.35. The first-order valence-electron chi connectivity index (χ1n) is 12.0. The zero-order valence-electron chi connectivity index (χ0n) is 18.5. The van der Waals surface area contributed by atoms with Crippen LogP contribution in [0.15, 0.2) is 18.2 Å². The molecule has 0 spiro atoms. The Balaban J connectivity index is 1.37. The quantitative estimate of drug-likeness (QED) is 0.539. The number of nitro benzene ring substituents is 1.